The second-order valence-electron chi connectivity index (χ2n) is 5.78. The van der Waals surface area contributed by atoms with Crippen molar-refractivity contribution in [2.24, 2.45) is 0 Å². The molecule has 0 amide bonds. The number of ether oxygens (including phenoxy) is 1. The maximum absolute atomic E-state index is 11.3. The van der Waals surface area contributed by atoms with E-state index >= 15 is 0 Å². The number of aldehydes is 1. The third-order valence-electron chi connectivity index (χ3n) is 4.22. The van der Waals surface area contributed by atoms with Gasteiger partial charge in [-0.05, 0) is 13.3 Å². The smallest absolute Gasteiger partial charge is 0.166 e. The highest BCUT2D eigenvalue weighted by molar-refractivity contribution is 6.01. The SMILES string of the molecule is C[C@@]1(O)C(O)C(CCO)OC1n1cc(C=O)c2c(N)ncnc21. The van der Waals surface area contributed by atoms with Crippen molar-refractivity contribution in [3.8, 4) is 0 Å². The Bertz CT molecular complexity index is 744. The molecule has 1 aliphatic rings. The van der Waals surface area contributed by atoms with E-state index in [4.69, 9.17) is 15.6 Å². The van der Waals surface area contributed by atoms with Crippen molar-refractivity contribution in [3.05, 3.63) is 18.1 Å². The first-order chi connectivity index (χ1) is 10.9. The molecule has 1 saturated heterocycles. The van der Waals surface area contributed by atoms with Crippen molar-refractivity contribution >= 4 is 23.1 Å². The van der Waals surface area contributed by atoms with Gasteiger partial charge in [0.1, 0.15) is 29.5 Å². The van der Waals surface area contributed by atoms with Crippen LogP contribution in [0.1, 0.15) is 29.9 Å². The van der Waals surface area contributed by atoms with Gasteiger partial charge in [-0.3, -0.25) is 4.79 Å². The van der Waals surface area contributed by atoms with Gasteiger partial charge in [0.15, 0.2) is 12.5 Å². The van der Waals surface area contributed by atoms with Gasteiger partial charge >= 0.3 is 0 Å². The zero-order chi connectivity index (χ0) is 16.8. The molecule has 0 aromatic carbocycles. The fourth-order valence-electron chi connectivity index (χ4n) is 3.01. The third-order valence-corrected chi connectivity index (χ3v) is 4.22. The minimum atomic E-state index is -1.63. The maximum Gasteiger partial charge on any atom is 0.166 e. The first-order valence-electron chi connectivity index (χ1n) is 7.14. The van der Waals surface area contributed by atoms with Gasteiger partial charge in [0.25, 0.3) is 0 Å². The Morgan fingerprint density at radius 1 is 1.52 bits per heavy atom. The van der Waals surface area contributed by atoms with Crippen LogP contribution < -0.4 is 5.73 Å². The summed E-state index contributed by atoms with van der Waals surface area (Å²) in [6, 6.07) is 0. The number of hydrogen-bond donors (Lipinski definition) is 4. The van der Waals surface area contributed by atoms with Crippen LogP contribution in [0.4, 0.5) is 5.82 Å². The minimum Gasteiger partial charge on any atom is -0.396 e. The molecule has 124 valence electrons. The molecule has 1 aliphatic heterocycles. The molecule has 9 heteroatoms. The van der Waals surface area contributed by atoms with Crippen LogP contribution in [0.5, 0.6) is 0 Å². The Hall–Kier alpha value is -2.07. The number of nitrogens with two attached hydrogens (primary N) is 1. The molecule has 0 spiro atoms. The molecule has 3 unspecified atom stereocenters. The lowest BCUT2D eigenvalue weighted by Crippen LogP contribution is -2.43. The first kappa shape index (κ1) is 15.8. The first-order valence-corrected chi connectivity index (χ1v) is 7.14. The summed E-state index contributed by atoms with van der Waals surface area (Å²) in [6.45, 7) is 1.24. The summed E-state index contributed by atoms with van der Waals surface area (Å²) >= 11 is 0. The summed E-state index contributed by atoms with van der Waals surface area (Å²) in [4.78, 5) is 19.3. The van der Waals surface area contributed by atoms with E-state index in [0.717, 1.165) is 0 Å². The number of hydrogen-bond acceptors (Lipinski definition) is 8. The lowest BCUT2D eigenvalue weighted by molar-refractivity contribution is -0.0941. The number of carbonyl (C=O) groups excluding carboxylic acids is 1. The Morgan fingerprint density at radius 2 is 2.26 bits per heavy atom. The van der Waals surface area contributed by atoms with E-state index in [1.807, 2.05) is 0 Å². The number of anilines is 1. The van der Waals surface area contributed by atoms with Gasteiger partial charge < -0.3 is 30.4 Å². The van der Waals surface area contributed by atoms with E-state index in [-0.39, 0.29) is 24.4 Å². The average Bonchev–Trinajstić information content (AvgIpc) is 2.99. The molecule has 2 aromatic heterocycles. The number of aromatic nitrogens is 3. The van der Waals surface area contributed by atoms with Crippen molar-refractivity contribution in [2.75, 3.05) is 12.3 Å². The van der Waals surface area contributed by atoms with Crippen LogP contribution in [0.15, 0.2) is 12.5 Å². The Balaban J connectivity index is 2.13. The molecule has 2 aromatic rings. The van der Waals surface area contributed by atoms with E-state index in [1.165, 1.54) is 24.0 Å². The molecule has 0 saturated carbocycles. The summed E-state index contributed by atoms with van der Waals surface area (Å²) in [5, 5.41) is 30.3. The molecule has 9 nitrogen and oxygen atoms in total. The predicted molar refractivity (Wildman–Crippen MR) is 79.6 cm³/mol. The number of nitrogen functional groups attached to an aromatic ring is 1. The van der Waals surface area contributed by atoms with Crippen LogP contribution in [0.25, 0.3) is 11.0 Å². The van der Waals surface area contributed by atoms with Gasteiger partial charge in [0, 0.05) is 18.4 Å². The number of carbonyl (C=O) groups is 1. The lowest BCUT2D eigenvalue weighted by Gasteiger charge is -2.27. The summed E-state index contributed by atoms with van der Waals surface area (Å²) in [5.74, 6) is 0.140. The minimum absolute atomic E-state index is 0.140. The third kappa shape index (κ3) is 2.29. The Kier molecular flexibility index (Phi) is 3.80. The molecule has 0 aliphatic carbocycles. The highest BCUT2D eigenvalue weighted by Gasteiger charge is 2.53. The molecule has 5 N–H and O–H groups in total. The standard InChI is InChI=1S/C14H18N4O5/c1-14(22)10(21)8(2-3-19)23-13(14)18-4-7(5-20)9-11(15)16-6-17-12(9)18/h4-6,8,10,13,19,21-22H,2-3H2,1H3,(H2,15,16,17)/t8?,10?,13?,14-/m1/s1. The fourth-order valence-corrected chi connectivity index (χ4v) is 3.01. The largest absolute Gasteiger partial charge is 0.396 e. The van der Waals surface area contributed by atoms with E-state index in [0.29, 0.717) is 17.3 Å². The van der Waals surface area contributed by atoms with Gasteiger partial charge in [0.2, 0.25) is 0 Å². The topological polar surface area (TPSA) is 144 Å². The molecule has 0 radical (unpaired) electrons. The quantitative estimate of drug-likeness (QED) is 0.537. The van der Waals surface area contributed by atoms with Crippen LogP contribution in [0.3, 0.4) is 0 Å². The fraction of sp³-hybridized carbons (Fsp3) is 0.500. The zero-order valence-corrected chi connectivity index (χ0v) is 12.5. The molecule has 1 fully saturated rings. The molecular formula is C14H18N4O5. The Labute approximate surface area is 131 Å². The second kappa shape index (κ2) is 5.53. The van der Waals surface area contributed by atoms with Crippen LogP contribution in [0.2, 0.25) is 0 Å². The molecule has 3 heterocycles. The van der Waals surface area contributed by atoms with Gasteiger partial charge in [-0.15, -0.1) is 0 Å². The normalized spacial score (nSPS) is 30.9. The van der Waals surface area contributed by atoms with E-state index in [2.05, 4.69) is 9.97 Å². The number of rotatable bonds is 4. The van der Waals surface area contributed by atoms with Crippen molar-refractivity contribution in [1.82, 2.24) is 14.5 Å². The summed E-state index contributed by atoms with van der Waals surface area (Å²) in [5.41, 5.74) is 4.75. The van der Waals surface area contributed by atoms with Gasteiger partial charge in [-0.25, -0.2) is 9.97 Å². The molecule has 4 atom stereocenters. The number of aliphatic hydroxyl groups is 3. The zero-order valence-electron chi connectivity index (χ0n) is 12.5. The Morgan fingerprint density at radius 3 is 2.91 bits per heavy atom. The van der Waals surface area contributed by atoms with Gasteiger partial charge in [0.05, 0.1) is 11.5 Å². The molecular weight excluding hydrogens is 304 g/mol. The number of nitrogens with zero attached hydrogens (tertiary/aromatic N) is 3. The second-order valence-corrected chi connectivity index (χ2v) is 5.78. The van der Waals surface area contributed by atoms with Crippen molar-refractivity contribution in [2.45, 2.75) is 37.4 Å². The predicted octanol–water partition coefficient (Wildman–Crippen LogP) is -0.782. The summed E-state index contributed by atoms with van der Waals surface area (Å²) in [6.07, 6.45) is 0.560. The highest BCUT2D eigenvalue weighted by Crippen LogP contribution is 2.41. The van der Waals surface area contributed by atoms with Crippen LogP contribution in [-0.2, 0) is 4.74 Å². The summed E-state index contributed by atoms with van der Waals surface area (Å²) < 4.78 is 7.16. The van der Waals surface area contributed by atoms with E-state index < -0.39 is 24.0 Å². The molecule has 3 rings (SSSR count). The van der Waals surface area contributed by atoms with E-state index in [9.17, 15) is 15.0 Å². The van der Waals surface area contributed by atoms with Crippen LogP contribution in [0, 0.1) is 0 Å². The lowest BCUT2D eigenvalue weighted by atomic mass is 9.95. The van der Waals surface area contributed by atoms with Crippen molar-refractivity contribution < 1.29 is 24.9 Å². The van der Waals surface area contributed by atoms with Crippen LogP contribution >= 0.6 is 0 Å². The number of fused-ring (bicyclic) bond motifs is 1. The van der Waals surface area contributed by atoms with Crippen molar-refractivity contribution in [1.29, 1.82) is 0 Å². The van der Waals surface area contributed by atoms with Gasteiger partial charge in [-0.2, -0.15) is 0 Å². The summed E-state index contributed by atoms with van der Waals surface area (Å²) in [7, 11) is 0. The van der Waals surface area contributed by atoms with Crippen molar-refractivity contribution in [3.63, 3.8) is 0 Å². The van der Waals surface area contributed by atoms with Gasteiger partial charge in [-0.1, -0.05) is 0 Å². The monoisotopic (exact) mass is 322 g/mol. The van der Waals surface area contributed by atoms with Crippen LogP contribution in [-0.4, -0.2) is 60.6 Å². The maximum atomic E-state index is 11.3. The number of aliphatic hydroxyl groups excluding tert-OH is 2. The molecule has 23 heavy (non-hydrogen) atoms. The molecule has 0 bridgehead atoms. The highest BCUT2D eigenvalue weighted by atomic mass is 16.6. The average molecular weight is 322 g/mol. The van der Waals surface area contributed by atoms with E-state index in [1.54, 1.807) is 0 Å².